The number of carbonyl (C=O) groups excluding carboxylic acids is 1. The van der Waals surface area contributed by atoms with Gasteiger partial charge in [-0.05, 0) is 25.0 Å². The van der Waals surface area contributed by atoms with Crippen LogP contribution in [0.1, 0.15) is 33.0 Å². The molecule has 2 aliphatic rings. The molecule has 84 valence electrons. The van der Waals surface area contributed by atoms with Crippen molar-refractivity contribution in [2.45, 2.75) is 25.8 Å². The van der Waals surface area contributed by atoms with Crippen molar-refractivity contribution in [2.75, 3.05) is 13.1 Å². The van der Waals surface area contributed by atoms with E-state index in [4.69, 9.17) is 0 Å². The summed E-state index contributed by atoms with van der Waals surface area (Å²) in [4.78, 5) is 12.0. The number of benzene rings is 1. The van der Waals surface area contributed by atoms with Gasteiger partial charge in [0.25, 0.3) is 5.91 Å². The fourth-order valence-electron chi connectivity index (χ4n) is 3.00. The van der Waals surface area contributed by atoms with E-state index in [1.165, 1.54) is 11.1 Å². The SMILES string of the molecule is Cc1cc(C)c2c(c1)[C@@H]1CNC[C@H]1NC2=O. The van der Waals surface area contributed by atoms with Crippen molar-refractivity contribution in [1.29, 1.82) is 0 Å². The highest BCUT2D eigenvalue weighted by Gasteiger charge is 2.37. The van der Waals surface area contributed by atoms with Crippen LogP contribution in [0.2, 0.25) is 0 Å². The van der Waals surface area contributed by atoms with Crippen LogP contribution in [-0.4, -0.2) is 25.0 Å². The molecule has 0 unspecified atom stereocenters. The third kappa shape index (κ3) is 1.28. The first kappa shape index (κ1) is 9.85. The van der Waals surface area contributed by atoms with Crippen LogP contribution in [0.5, 0.6) is 0 Å². The van der Waals surface area contributed by atoms with Gasteiger partial charge in [-0.1, -0.05) is 17.7 Å². The third-order valence-corrected chi connectivity index (χ3v) is 3.67. The molecule has 16 heavy (non-hydrogen) atoms. The molecular formula is C13H16N2O. The molecule has 3 nitrogen and oxygen atoms in total. The van der Waals surface area contributed by atoms with Gasteiger partial charge in [0, 0.05) is 30.6 Å². The average molecular weight is 216 g/mol. The number of fused-ring (bicyclic) bond motifs is 3. The fourth-order valence-corrected chi connectivity index (χ4v) is 3.00. The van der Waals surface area contributed by atoms with Gasteiger partial charge in [0.1, 0.15) is 0 Å². The molecule has 0 aliphatic carbocycles. The zero-order chi connectivity index (χ0) is 11.3. The molecule has 1 aromatic carbocycles. The van der Waals surface area contributed by atoms with Crippen molar-refractivity contribution in [3.63, 3.8) is 0 Å². The van der Waals surface area contributed by atoms with Gasteiger partial charge in [0.05, 0.1) is 0 Å². The minimum Gasteiger partial charge on any atom is -0.347 e. The Morgan fingerprint density at radius 3 is 2.88 bits per heavy atom. The first-order valence-corrected chi connectivity index (χ1v) is 5.79. The van der Waals surface area contributed by atoms with Crippen molar-refractivity contribution in [3.05, 3.63) is 34.4 Å². The van der Waals surface area contributed by atoms with E-state index in [9.17, 15) is 4.79 Å². The van der Waals surface area contributed by atoms with E-state index in [0.717, 1.165) is 24.2 Å². The first-order chi connectivity index (χ1) is 7.66. The van der Waals surface area contributed by atoms with Gasteiger partial charge in [-0.15, -0.1) is 0 Å². The number of hydrogen-bond acceptors (Lipinski definition) is 2. The van der Waals surface area contributed by atoms with Crippen molar-refractivity contribution in [2.24, 2.45) is 0 Å². The summed E-state index contributed by atoms with van der Waals surface area (Å²) in [5.74, 6) is 0.545. The largest absolute Gasteiger partial charge is 0.347 e. The molecule has 3 rings (SSSR count). The van der Waals surface area contributed by atoms with E-state index < -0.39 is 0 Å². The standard InChI is InChI=1S/C13H16N2O/c1-7-3-8(2)12-9(4-7)10-5-14-6-11(10)15-13(12)16/h3-4,10-11,14H,5-6H2,1-2H3,(H,15,16)/t10-,11+/m0/s1. The number of amides is 1. The minimum absolute atomic E-state index is 0.0949. The zero-order valence-corrected chi connectivity index (χ0v) is 9.63. The van der Waals surface area contributed by atoms with E-state index in [1.54, 1.807) is 0 Å². The first-order valence-electron chi connectivity index (χ1n) is 5.79. The summed E-state index contributed by atoms with van der Waals surface area (Å²) >= 11 is 0. The van der Waals surface area contributed by atoms with Gasteiger partial charge in [-0.25, -0.2) is 0 Å². The van der Waals surface area contributed by atoms with Gasteiger partial charge in [-0.3, -0.25) is 4.79 Å². The van der Waals surface area contributed by atoms with Crippen LogP contribution in [0.25, 0.3) is 0 Å². The number of hydrogen-bond donors (Lipinski definition) is 2. The summed E-state index contributed by atoms with van der Waals surface area (Å²) in [6.07, 6.45) is 0. The minimum atomic E-state index is 0.0949. The second-order valence-corrected chi connectivity index (χ2v) is 4.89. The van der Waals surface area contributed by atoms with Crippen LogP contribution < -0.4 is 10.6 Å². The summed E-state index contributed by atoms with van der Waals surface area (Å²) in [6.45, 7) is 5.98. The van der Waals surface area contributed by atoms with Crippen molar-refractivity contribution < 1.29 is 4.79 Å². The number of rotatable bonds is 0. The van der Waals surface area contributed by atoms with Gasteiger partial charge in [0.2, 0.25) is 0 Å². The lowest BCUT2D eigenvalue weighted by atomic mass is 9.83. The third-order valence-electron chi connectivity index (χ3n) is 3.67. The molecule has 1 saturated heterocycles. The molecule has 2 atom stereocenters. The molecule has 1 fully saturated rings. The maximum Gasteiger partial charge on any atom is 0.252 e. The molecule has 0 radical (unpaired) electrons. The lowest BCUT2D eigenvalue weighted by Crippen LogP contribution is -2.44. The molecule has 2 aliphatic heterocycles. The molecule has 1 amide bonds. The molecule has 2 N–H and O–H groups in total. The second-order valence-electron chi connectivity index (χ2n) is 4.89. The number of nitrogens with one attached hydrogen (secondary N) is 2. The maximum atomic E-state index is 12.0. The Balaban J connectivity index is 2.20. The highest BCUT2D eigenvalue weighted by molar-refractivity contribution is 5.99. The quantitative estimate of drug-likeness (QED) is 0.682. The lowest BCUT2D eigenvalue weighted by Gasteiger charge is -2.29. The lowest BCUT2D eigenvalue weighted by molar-refractivity contribution is 0.0923. The summed E-state index contributed by atoms with van der Waals surface area (Å²) in [5, 5.41) is 6.44. The normalized spacial score (nSPS) is 27.2. The monoisotopic (exact) mass is 216 g/mol. The summed E-state index contributed by atoms with van der Waals surface area (Å²) in [7, 11) is 0. The van der Waals surface area contributed by atoms with E-state index >= 15 is 0 Å². The number of aryl methyl sites for hydroxylation is 2. The van der Waals surface area contributed by atoms with Gasteiger partial charge in [-0.2, -0.15) is 0 Å². The predicted octanol–water partition coefficient (Wildman–Crippen LogP) is 1.10. The maximum absolute atomic E-state index is 12.0. The smallest absolute Gasteiger partial charge is 0.252 e. The van der Waals surface area contributed by atoms with Gasteiger partial charge < -0.3 is 10.6 Å². The molecule has 0 saturated carbocycles. The summed E-state index contributed by atoms with van der Waals surface area (Å²) < 4.78 is 0. The Morgan fingerprint density at radius 2 is 2.06 bits per heavy atom. The van der Waals surface area contributed by atoms with Crippen LogP contribution in [0.15, 0.2) is 12.1 Å². The molecular weight excluding hydrogens is 200 g/mol. The van der Waals surface area contributed by atoms with Gasteiger partial charge >= 0.3 is 0 Å². The van der Waals surface area contributed by atoms with Crippen LogP contribution in [0, 0.1) is 13.8 Å². The van der Waals surface area contributed by atoms with Crippen molar-refractivity contribution >= 4 is 5.91 Å². The Morgan fingerprint density at radius 1 is 1.25 bits per heavy atom. The Hall–Kier alpha value is -1.35. The molecule has 2 heterocycles. The van der Waals surface area contributed by atoms with E-state index in [0.29, 0.717) is 5.92 Å². The molecule has 0 bridgehead atoms. The predicted molar refractivity (Wildman–Crippen MR) is 62.8 cm³/mol. The molecule has 0 aromatic heterocycles. The van der Waals surface area contributed by atoms with Crippen LogP contribution in [0.3, 0.4) is 0 Å². The summed E-state index contributed by atoms with van der Waals surface area (Å²) in [6, 6.07) is 4.54. The van der Waals surface area contributed by atoms with Crippen LogP contribution >= 0.6 is 0 Å². The topological polar surface area (TPSA) is 41.1 Å². The molecule has 1 aromatic rings. The Labute approximate surface area is 95.2 Å². The van der Waals surface area contributed by atoms with Gasteiger partial charge in [0.15, 0.2) is 0 Å². The second kappa shape index (κ2) is 3.32. The van der Waals surface area contributed by atoms with Crippen LogP contribution in [0.4, 0.5) is 0 Å². The zero-order valence-electron chi connectivity index (χ0n) is 9.63. The Bertz CT molecular complexity index is 467. The van der Waals surface area contributed by atoms with Crippen molar-refractivity contribution in [3.8, 4) is 0 Å². The highest BCUT2D eigenvalue weighted by atomic mass is 16.1. The number of carbonyl (C=O) groups is 1. The summed E-state index contributed by atoms with van der Waals surface area (Å²) in [5.41, 5.74) is 4.47. The van der Waals surface area contributed by atoms with E-state index in [1.807, 2.05) is 6.92 Å². The van der Waals surface area contributed by atoms with Crippen molar-refractivity contribution in [1.82, 2.24) is 10.6 Å². The Kier molecular flexibility index (Phi) is 2.04. The van der Waals surface area contributed by atoms with E-state index in [2.05, 4.69) is 29.7 Å². The molecule has 0 spiro atoms. The van der Waals surface area contributed by atoms with Crippen LogP contribution in [-0.2, 0) is 0 Å². The average Bonchev–Trinajstić information content (AvgIpc) is 2.64. The highest BCUT2D eigenvalue weighted by Crippen LogP contribution is 2.32. The van der Waals surface area contributed by atoms with E-state index in [-0.39, 0.29) is 11.9 Å². The molecule has 3 heteroatoms. The fraction of sp³-hybridized carbons (Fsp3) is 0.462.